The van der Waals surface area contributed by atoms with E-state index in [2.05, 4.69) is 0 Å². The second-order valence-electron chi connectivity index (χ2n) is 6.49. The number of ether oxygens (including phenoxy) is 1. The number of hydrogen-bond donors (Lipinski definition) is 1. The lowest BCUT2D eigenvalue weighted by molar-refractivity contribution is -0.920. The molecule has 1 atom stereocenters. The third kappa shape index (κ3) is 3.70. The van der Waals surface area contributed by atoms with E-state index in [1.54, 1.807) is 31.2 Å². The number of likely N-dealkylation sites (tertiary alicyclic amines) is 1. The zero-order valence-electron chi connectivity index (χ0n) is 14.2. The molecule has 2 heterocycles. The first-order chi connectivity index (χ1) is 12.0. The predicted octanol–water partition coefficient (Wildman–Crippen LogP) is 0.830. The largest absolute Gasteiger partial charge is 0.466 e. The second kappa shape index (κ2) is 7.54. The molecule has 0 spiro atoms. The van der Waals surface area contributed by atoms with E-state index in [-0.39, 0.29) is 36.2 Å². The highest BCUT2D eigenvalue weighted by molar-refractivity contribution is 6.30. The Morgan fingerprint density at radius 2 is 1.88 bits per heavy atom. The van der Waals surface area contributed by atoms with Gasteiger partial charge in [-0.05, 0) is 31.2 Å². The number of rotatable bonds is 4. The molecular weight excluding hydrogens is 344 g/mol. The predicted molar refractivity (Wildman–Crippen MR) is 92.4 cm³/mol. The van der Waals surface area contributed by atoms with Gasteiger partial charge in [0.05, 0.1) is 37.7 Å². The number of nitrogens with one attached hydrogen (secondary N) is 1. The Morgan fingerprint density at radius 1 is 1.24 bits per heavy atom. The van der Waals surface area contributed by atoms with Crippen molar-refractivity contribution in [3.8, 4) is 0 Å². The van der Waals surface area contributed by atoms with Crippen molar-refractivity contribution in [3.05, 3.63) is 29.3 Å². The molecule has 1 aromatic rings. The number of benzene rings is 1. The summed E-state index contributed by atoms with van der Waals surface area (Å²) in [6.45, 7) is 3.58. The molecule has 0 radical (unpaired) electrons. The Bertz CT molecular complexity index is 668. The van der Waals surface area contributed by atoms with Crippen molar-refractivity contribution in [2.24, 2.45) is 5.92 Å². The van der Waals surface area contributed by atoms with E-state index in [9.17, 15) is 14.4 Å². The van der Waals surface area contributed by atoms with Crippen LogP contribution < -0.4 is 9.80 Å². The molecule has 7 heteroatoms. The molecule has 25 heavy (non-hydrogen) atoms. The van der Waals surface area contributed by atoms with Gasteiger partial charge in [-0.25, -0.2) is 4.90 Å². The zero-order chi connectivity index (χ0) is 18.0. The summed E-state index contributed by atoms with van der Waals surface area (Å²) in [5, 5.41) is 0.561. The molecule has 0 bridgehead atoms. The molecule has 1 aromatic carbocycles. The van der Waals surface area contributed by atoms with Gasteiger partial charge in [-0.2, -0.15) is 0 Å². The van der Waals surface area contributed by atoms with Gasteiger partial charge in [0.1, 0.15) is 0 Å². The van der Waals surface area contributed by atoms with Gasteiger partial charge < -0.3 is 9.64 Å². The number of carbonyl (C=O) groups is 3. The van der Waals surface area contributed by atoms with Crippen molar-refractivity contribution in [2.75, 3.05) is 24.6 Å². The highest BCUT2D eigenvalue weighted by Gasteiger charge is 2.47. The summed E-state index contributed by atoms with van der Waals surface area (Å²) in [5.74, 6) is -0.601. The Hall–Kier alpha value is -1.92. The van der Waals surface area contributed by atoms with Crippen LogP contribution in [0.1, 0.15) is 26.2 Å². The third-order valence-electron chi connectivity index (χ3n) is 4.97. The molecule has 2 aliphatic heterocycles. The number of anilines is 1. The summed E-state index contributed by atoms with van der Waals surface area (Å²) in [6.07, 6.45) is 1.58. The van der Waals surface area contributed by atoms with Gasteiger partial charge in [0, 0.05) is 17.9 Å². The molecule has 3 rings (SSSR count). The molecule has 2 fully saturated rings. The van der Waals surface area contributed by atoms with Crippen LogP contribution in [0.4, 0.5) is 5.69 Å². The summed E-state index contributed by atoms with van der Waals surface area (Å²) < 4.78 is 5.08. The molecule has 1 N–H and O–H groups in total. The van der Waals surface area contributed by atoms with E-state index >= 15 is 0 Å². The molecule has 0 unspecified atom stereocenters. The SMILES string of the molecule is CCOC(=O)C1CC[NH+]([C@@H]2CC(=O)N(c3ccc(Cl)cc3)C2=O)CC1. The molecule has 2 amide bonds. The minimum atomic E-state index is -0.369. The maximum atomic E-state index is 12.8. The fourth-order valence-electron chi connectivity index (χ4n) is 3.65. The quantitative estimate of drug-likeness (QED) is 0.634. The summed E-state index contributed by atoms with van der Waals surface area (Å²) in [5.41, 5.74) is 0.558. The van der Waals surface area contributed by atoms with Crippen LogP contribution in [-0.2, 0) is 19.1 Å². The highest BCUT2D eigenvalue weighted by atomic mass is 35.5. The van der Waals surface area contributed by atoms with Crippen LogP contribution >= 0.6 is 11.6 Å². The summed E-state index contributed by atoms with van der Waals surface area (Å²) in [4.78, 5) is 39.3. The third-order valence-corrected chi connectivity index (χ3v) is 5.22. The number of halogens is 1. The van der Waals surface area contributed by atoms with Crippen molar-refractivity contribution in [3.63, 3.8) is 0 Å². The first-order valence-corrected chi connectivity index (χ1v) is 9.02. The minimum absolute atomic E-state index is 0.0942. The van der Waals surface area contributed by atoms with E-state index in [4.69, 9.17) is 16.3 Å². The summed E-state index contributed by atoms with van der Waals surface area (Å²) >= 11 is 5.87. The number of esters is 1. The topological polar surface area (TPSA) is 68.1 Å². The minimum Gasteiger partial charge on any atom is -0.466 e. The first-order valence-electron chi connectivity index (χ1n) is 8.64. The van der Waals surface area contributed by atoms with Gasteiger partial charge in [-0.15, -0.1) is 0 Å². The fourth-order valence-corrected chi connectivity index (χ4v) is 3.77. The lowest BCUT2D eigenvalue weighted by atomic mass is 9.95. The lowest BCUT2D eigenvalue weighted by Crippen LogP contribution is -3.17. The average Bonchev–Trinajstić information content (AvgIpc) is 2.91. The van der Waals surface area contributed by atoms with Gasteiger partial charge in [0.25, 0.3) is 5.91 Å². The van der Waals surface area contributed by atoms with Crippen molar-refractivity contribution >= 4 is 35.1 Å². The van der Waals surface area contributed by atoms with Crippen LogP contribution in [0.15, 0.2) is 24.3 Å². The normalized spacial score (nSPS) is 26.8. The molecule has 0 aromatic heterocycles. The van der Waals surface area contributed by atoms with Gasteiger partial charge in [-0.3, -0.25) is 14.4 Å². The van der Waals surface area contributed by atoms with Crippen molar-refractivity contribution in [1.82, 2.24) is 0 Å². The maximum Gasteiger partial charge on any atom is 0.309 e. The van der Waals surface area contributed by atoms with Crippen molar-refractivity contribution in [2.45, 2.75) is 32.2 Å². The lowest BCUT2D eigenvalue weighted by Gasteiger charge is -2.31. The van der Waals surface area contributed by atoms with E-state index in [1.165, 1.54) is 4.90 Å². The van der Waals surface area contributed by atoms with Crippen LogP contribution in [0.25, 0.3) is 0 Å². The molecule has 134 valence electrons. The van der Waals surface area contributed by atoms with Crippen LogP contribution in [0.2, 0.25) is 5.02 Å². The summed E-state index contributed by atoms with van der Waals surface area (Å²) in [6, 6.07) is 6.34. The number of nitrogens with zero attached hydrogens (tertiary/aromatic N) is 1. The number of quaternary nitrogens is 1. The van der Waals surface area contributed by atoms with E-state index < -0.39 is 0 Å². The van der Waals surface area contributed by atoms with Crippen LogP contribution in [0.5, 0.6) is 0 Å². The van der Waals surface area contributed by atoms with E-state index in [0.29, 0.717) is 43.2 Å². The number of amides is 2. The first kappa shape index (κ1) is 17.9. The molecule has 6 nitrogen and oxygen atoms in total. The van der Waals surface area contributed by atoms with Crippen molar-refractivity contribution in [1.29, 1.82) is 0 Å². The Kier molecular flexibility index (Phi) is 5.39. The fraction of sp³-hybridized carbons (Fsp3) is 0.500. The van der Waals surface area contributed by atoms with Gasteiger partial charge in [0.15, 0.2) is 6.04 Å². The van der Waals surface area contributed by atoms with Gasteiger partial charge >= 0.3 is 5.97 Å². The number of imide groups is 1. The Balaban J connectivity index is 1.65. The van der Waals surface area contributed by atoms with E-state index in [0.717, 1.165) is 4.90 Å². The van der Waals surface area contributed by atoms with Crippen LogP contribution in [-0.4, -0.2) is 43.5 Å². The van der Waals surface area contributed by atoms with Crippen molar-refractivity contribution < 1.29 is 24.0 Å². The molecule has 2 aliphatic rings. The van der Waals surface area contributed by atoms with Crippen LogP contribution in [0.3, 0.4) is 0 Å². The smallest absolute Gasteiger partial charge is 0.309 e. The van der Waals surface area contributed by atoms with Crippen LogP contribution in [0, 0.1) is 5.92 Å². The van der Waals surface area contributed by atoms with E-state index in [1.807, 2.05) is 0 Å². The summed E-state index contributed by atoms with van der Waals surface area (Å²) in [7, 11) is 0. The second-order valence-corrected chi connectivity index (χ2v) is 6.92. The number of piperidine rings is 1. The van der Waals surface area contributed by atoms with Gasteiger partial charge in [-0.1, -0.05) is 11.6 Å². The zero-order valence-corrected chi connectivity index (χ0v) is 14.9. The highest BCUT2D eigenvalue weighted by Crippen LogP contribution is 2.24. The number of hydrogen-bond acceptors (Lipinski definition) is 4. The average molecular weight is 366 g/mol. The Morgan fingerprint density at radius 3 is 2.48 bits per heavy atom. The number of carbonyl (C=O) groups excluding carboxylic acids is 3. The molecule has 2 saturated heterocycles. The molecule has 0 saturated carbocycles. The van der Waals surface area contributed by atoms with Gasteiger partial charge in [0.2, 0.25) is 5.91 Å². The Labute approximate surface area is 151 Å². The maximum absolute atomic E-state index is 12.8. The molecule has 0 aliphatic carbocycles. The standard InChI is InChI=1S/C18H21ClN2O4/c1-2-25-18(24)12-7-9-20(10-8-12)15-11-16(22)21(17(15)23)14-5-3-13(19)4-6-14/h3-6,12,15H,2,7-11H2,1H3/p+1/t15-/m1/s1. The molecular formula is C18H22ClN2O4+. The monoisotopic (exact) mass is 365 g/mol.